The molecular formula is C18H31N3O4S. The van der Waals surface area contributed by atoms with E-state index in [4.69, 9.17) is 4.74 Å². The molecule has 0 aromatic rings. The summed E-state index contributed by atoms with van der Waals surface area (Å²) in [6.45, 7) is 7.96. The van der Waals surface area contributed by atoms with Gasteiger partial charge in [-0.05, 0) is 58.6 Å². The standard InChI is InChI=1S/C18H31N3O4S/c1-5-10-19-15(22)13-7-6-8-14-21(13)16(23)12(9-11-26-14)20-17(24)25-18(2,3)4/h12-14H,5-11H2,1-4H3,(H,19,22)(H,20,24)/t12-,13-,14?/m0/s1. The van der Waals surface area contributed by atoms with Crippen molar-refractivity contribution in [2.45, 2.75) is 82.9 Å². The molecular weight excluding hydrogens is 354 g/mol. The van der Waals surface area contributed by atoms with Crippen molar-refractivity contribution in [2.75, 3.05) is 12.3 Å². The molecule has 2 fully saturated rings. The molecule has 8 heteroatoms. The number of thioether (sulfide) groups is 1. The summed E-state index contributed by atoms with van der Waals surface area (Å²) in [6, 6.07) is -1.11. The highest BCUT2D eigenvalue weighted by molar-refractivity contribution is 7.99. The van der Waals surface area contributed by atoms with Gasteiger partial charge in [0.1, 0.15) is 17.7 Å². The first-order valence-electron chi connectivity index (χ1n) is 9.44. The molecule has 2 N–H and O–H groups in total. The number of fused-ring (bicyclic) bond motifs is 1. The van der Waals surface area contributed by atoms with E-state index in [0.717, 1.165) is 25.0 Å². The quantitative estimate of drug-likeness (QED) is 0.775. The fourth-order valence-corrected chi connectivity index (χ4v) is 4.64. The SMILES string of the molecule is CCCNC(=O)[C@@H]1CCCC2SCC[C@H](NC(=O)OC(C)(C)C)C(=O)N21. The molecule has 0 spiro atoms. The Balaban J connectivity index is 2.11. The Morgan fingerprint density at radius 2 is 2.00 bits per heavy atom. The van der Waals surface area contributed by atoms with E-state index >= 15 is 0 Å². The minimum Gasteiger partial charge on any atom is -0.444 e. The van der Waals surface area contributed by atoms with Gasteiger partial charge in [-0.1, -0.05) is 6.92 Å². The summed E-state index contributed by atoms with van der Waals surface area (Å²) in [4.78, 5) is 39.5. The summed E-state index contributed by atoms with van der Waals surface area (Å²) in [5.74, 6) is 0.488. The first-order chi connectivity index (χ1) is 12.2. The van der Waals surface area contributed by atoms with Crippen molar-refractivity contribution in [3.8, 4) is 0 Å². The molecule has 0 saturated carbocycles. The van der Waals surface area contributed by atoms with Gasteiger partial charge in [0.25, 0.3) is 0 Å². The zero-order valence-corrected chi connectivity index (χ0v) is 17.0. The number of alkyl carbamates (subject to hydrolysis) is 1. The van der Waals surface area contributed by atoms with Crippen molar-refractivity contribution >= 4 is 29.7 Å². The van der Waals surface area contributed by atoms with Crippen LogP contribution in [0.2, 0.25) is 0 Å². The average Bonchev–Trinajstić information content (AvgIpc) is 2.70. The second kappa shape index (κ2) is 8.97. The normalized spacial score (nSPS) is 26.5. The summed E-state index contributed by atoms with van der Waals surface area (Å²) in [6.07, 6.45) is 3.27. The fourth-order valence-electron chi connectivity index (χ4n) is 3.26. The molecule has 7 nitrogen and oxygen atoms in total. The maximum Gasteiger partial charge on any atom is 0.408 e. The number of nitrogens with one attached hydrogen (secondary N) is 2. The smallest absolute Gasteiger partial charge is 0.408 e. The maximum atomic E-state index is 13.1. The summed E-state index contributed by atoms with van der Waals surface area (Å²) in [5, 5.41) is 5.61. The molecule has 1 unspecified atom stereocenters. The zero-order valence-electron chi connectivity index (χ0n) is 16.2. The van der Waals surface area contributed by atoms with E-state index < -0.39 is 23.8 Å². The number of carbonyl (C=O) groups is 3. The van der Waals surface area contributed by atoms with Crippen LogP contribution >= 0.6 is 11.8 Å². The van der Waals surface area contributed by atoms with E-state index in [1.165, 1.54) is 0 Å². The fraction of sp³-hybridized carbons (Fsp3) is 0.833. The zero-order chi connectivity index (χ0) is 19.3. The van der Waals surface area contributed by atoms with Gasteiger partial charge >= 0.3 is 6.09 Å². The van der Waals surface area contributed by atoms with Crippen molar-refractivity contribution in [1.82, 2.24) is 15.5 Å². The molecule has 2 rings (SSSR count). The number of hydrogen-bond donors (Lipinski definition) is 2. The molecule has 26 heavy (non-hydrogen) atoms. The Kier molecular flexibility index (Phi) is 7.20. The Labute approximate surface area is 160 Å². The van der Waals surface area contributed by atoms with Crippen molar-refractivity contribution in [3.63, 3.8) is 0 Å². The molecule has 0 aliphatic carbocycles. The van der Waals surface area contributed by atoms with Gasteiger partial charge in [0.05, 0.1) is 5.37 Å². The van der Waals surface area contributed by atoms with Crippen LogP contribution in [-0.4, -0.2) is 58.2 Å². The molecule has 148 valence electrons. The molecule has 0 radical (unpaired) electrons. The lowest BCUT2D eigenvalue weighted by Crippen LogP contribution is -2.59. The van der Waals surface area contributed by atoms with E-state index in [1.807, 2.05) is 6.92 Å². The Morgan fingerprint density at radius 3 is 2.65 bits per heavy atom. The highest BCUT2D eigenvalue weighted by Crippen LogP contribution is 2.34. The van der Waals surface area contributed by atoms with Crippen LogP contribution in [0.4, 0.5) is 4.79 Å². The molecule has 2 aliphatic rings. The second-order valence-electron chi connectivity index (χ2n) is 7.80. The van der Waals surface area contributed by atoms with Crippen LogP contribution in [-0.2, 0) is 14.3 Å². The summed E-state index contributed by atoms with van der Waals surface area (Å²) in [5.41, 5.74) is -0.622. The van der Waals surface area contributed by atoms with Gasteiger partial charge in [-0.15, -0.1) is 11.8 Å². The van der Waals surface area contributed by atoms with Crippen LogP contribution < -0.4 is 10.6 Å². The van der Waals surface area contributed by atoms with Crippen LogP contribution in [0.25, 0.3) is 0 Å². The van der Waals surface area contributed by atoms with Gasteiger partial charge < -0.3 is 20.3 Å². The predicted molar refractivity (Wildman–Crippen MR) is 102 cm³/mol. The topological polar surface area (TPSA) is 87.7 Å². The maximum absolute atomic E-state index is 13.1. The molecule has 2 aliphatic heterocycles. The Morgan fingerprint density at radius 1 is 1.27 bits per heavy atom. The first kappa shape index (κ1) is 20.9. The number of piperidine rings is 1. The number of hydrogen-bond acceptors (Lipinski definition) is 5. The van der Waals surface area contributed by atoms with Gasteiger partial charge in [-0.2, -0.15) is 0 Å². The predicted octanol–water partition coefficient (Wildman–Crippen LogP) is 2.25. The molecule has 0 aromatic carbocycles. The van der Waals surface area contributed by atoms with Gasteiger partial charge in [0.2, 0.25) is 11.8 Å². The van der Waals surface area contributed by atoms with Gasteiger partial charge in [-0.25, -0.2) is 4.79 Å². The minimum atomic E-state index is -0.651. The second-order valence-corrected chi connectivity index (χ2v) is 9.08. The van der Waals surface area contributed by atoms with Gasteiger partial charge in [-0.3, -0.25) is 9.59 Å². The number of rotatable bonds is 4. The highest BCUT2D eigenvalue weighted by Gasteiger charge is 2.43. The van der Waals surface area contributed by atoms with Crippen LogP contribution in [0.3, 0.4) is 0 Å². The molecule has 3 amide bonds. The van der Waals surface area contributed by atoms with Crippen molar-refractivity contribution < 1.29 is 19.1 Å². The van der Waals surface area contributed by atoms with Gasteiger partial charge in [0.15, 0.2) is 0 Å². The lowest BCUT2D eigenvalue weighted by molar-refractivity contribution is -0.144. The van der Waals surface area contributed by atoms with E-state index in [9.17, 15) is 14.4 Å². The molecule has 2 heterocycles. The van der Waals surface area contributed by atoms with Crippen LogP contribution in [0.5, 0.6) is 0 Å². The first-order valence-corrected chi connectivity index (χ1v) is 10.5. The van der Waals surface area contributed by atoms with E-state index in [-0.39, 0.29) is 17.2 Å². The van der Waals surface area contributed by atoms with Gasteiger partial charge in [0, 0.05) is 6.54 Å². The Bertz CT molecular complexity index is 535. The number of amides is 3. The molecule has 0 aromatic heterocycles. The highest BCUT2D eigenvalue weighted by atomic mass is 32.2. The van der Waals surface area contributed by atoms with Crippen LogP contribution in [0.1, 0.15) is 59.8 Å². The third-order valence-corrected chi connectivity index (χ3v) is 5.71. The largest absolute Gasteiger partial charge is 0.444 e. The van der Waals surface area contributed by atoms with Crippen LogP contribution in [0.15, 0.2) is 0 Å². The molecule has 2 saturated heterocycles. The third-order valence-electron chi connectivity index (χ3n) is 4.39. The monoisotopic (exact) mass is 385 g/mol. The van der Waals surface area contributed by atoms with E-state index in [0.29, 0.717) is 19.4 Å². The summed E-state index contributed by atoms with van der Waals surface area (Å²) in [7, 11) is 0. The Hall–Kier alpha value is -1.44. The van der Waals surface area contributed by atoms with Crippen molar-refractivity contribution in [3.05, 3.63) is 0 Å². The number of carbonyl (C=O) groups excluding carboxylic acids is 3. The average molecular weight is 386 g/mol. The molecule has 0 bridgehead atoms. The van der Waals surface area contributed by atoms with Crippen molar-refractivity contribution in [2.24, 2.45) is 0 Å². The lowest BCUT2D eigenvalue weighted by atomic mass is 9.99. The summed E-state index contributed by atoms with van der Waals surface area (Å²) >= 11 is 1.69. The number of nitrogens with zero attached hydrogens (tertiary/aromatic N) is 1. The van der Waals surface area contributed by atoms with E-state index in [2.05, 4.69) is 10.6 Å². The number of ether oxygens (including phenoxy) is 1. The summed E-state index contributed by atoms with van der Waals surface area (Å²) < 4.78 is 5.29. The van der Waals surface area contributed by atoms with Crippen LogP contribution in [0, 0.1) is 0 Å². The third kappa shape index (κ3) is 5.53. The molecule has 3 atom stereocenters. The lowest BCUT2D eigenvalue weighted by Gasteiger charge is -2.40. The van der Waals surface area contributed by atoms with Crippen molar-refractivity contribution in [1.29, 1.82) is 0 Å². The minimum absolute atomic E-state index is 0.000868. The van der Waals surface area contributed by atoms with E-state index in [1.54, 1.807) is 37.4 Å².